The van der Waals surface area contributed by atoms with Gasteiger partial charge in [-0.1, -0.05) is 6.92 Å². The summed E-state index contributed by atoms with van der Waals surface area (Å²) in [6.45, 7) is 5.87. The van der Waals surface area contributed by atoms with E-state index in [1.165, 1.54) is 19.3 Å². The predicted molar refractivity (Wildman–Crippen MR) is 118 cm³/mol. The maximum absolute atomic E-state index is 14.8. The van der Waals surface area contributed by atoms with Crippen LogP contribution in [0.5, 0.6) is 0 Å². The quantitative estimate of drug-likeness (QED) is 0.535. The minimum Gasteiger partial charge on any atom is -0.385 e. The van der Waals surface area contributed by atoms with Crippen LogP contribution in [0.3, 0.4) is 0 Å². The maximum atomic E-state index is 14.8. The average Bonchev–Trinajstić information content (AvgIpc) is 3.33. The molecule has 2 aromatic heterocycles. The summed E-state index contributed by atoms with van der Waals surface area (Å²) in [4.78, 5) is 8.47. The van der Waals surface area contributed by atoms with E-state index in [1.54, 1.807) is 17.7 Å². The summed E-state index contributed by atoms with van der Waals surface area (Å²) < 4.78 is 50.0. The van der Waals surface area contributed by atoms with Gasteiger partial charge in [-0.2, -0.15) is 0 Å². The molecule has 7 nitrogen and oxygen atoms in total. The van der Waals surface area contributed by atoms with Crippen LogP contribution in [-0.4, -0.2) is 49.1 Å². The molecule has 34 heavy (non-hydrogen) atoms. The number of aliphatic hydroxyl groups is 2. The molecule has 182 valence electrons. The number of aromatic nitrogens is 3. The lowest BCUT2D eigenvalue weighted by Gasteiger charge is -2.33. The minimum atomic E-state index is -2.97. The molecule has 5 rings (SSSR count). The van der Waals surface area contributed by atoms with Crippen LogP contribution in [0.25, 0.3) is 11.0 Å². The number of hydrogen-bond donors (Lipinski definition) is 3. The highest BCUT2D eigenvalue weighted by molar-refractivity contribution is 5.78. The topological polar surface area (TPSA) is 92.4 Å². The first kappa shape index (κ1) is 23.2. The number of alkyl halides is 2. The Morgan fingerprint density at radius 3 is 2.76 bits per heavy atom. The molecule has 0 saturated carbocycles. The number of benzene rings is 1. The van der Waals surface area contributed by atoms with E-state index in [9.17, 15) is 23.4 Å². The third-order valence-corrected chi connectivity index (χ3v) is 7.29. The van der Waals surface area contributed by atoms with Crippen molar-refractivity contribution in [3.8, 4) is 0 Å². The second kappa shape index (κ2) is 8.30. The van der Waals surface area contributed by atoms with Gasteiger partial charge in [0.15, 0.2) is 6.23 Å². The van der Waals surface area contributed by atoms with Gasteiger partial charge in [0.05, 0.1) is 17.4 Å². The van der Waals surface area contributed by atoms with E-state index < -0.39 is 47.8 Å². The van der Waals surface area contributed by atoms with E-state index in [1.807, 2.05) is 13.0 Å². The molecule has 0 aliphatic carbocycles. The number of nitrogens with zero attached hydrogens (tertiary/aromatic N) is 3. The number of hydrogen-bond acceptors (Lipinski definition) is 6. The molecule has 0 amide bonds. The van der Waals surface area contributed by atoms with Gasteiger partial charge in [0.25, 0.3) is 6.43 Å². The van der Waals surface area contributed by atoms with Crippen molar-refractivity contribution in [3.63, 3.8) is 0 Å². The summed E-state index contributed by atoms with van der Waals surface area (Å²) in [7, 11) is 0. The fraction of sp³-hybridized carbons (Fsp3) is 0.500. The van der Waals surface area contributed by atoms with Crippen molar-refractivity contribution >= 4 is 11.0 Å². The Morgan fingerprint density at radius 1 is 1.26 bits per heavy atom. The third kappa shape index (κ3) is 3.43. The van der Waals surface area contributed by atoms with E-state index >= 15 is 0 Å². The van der Waals surface area contributed by atoms with Gasteiger partial charge in [-0.25, -0.2) is 23.1 Å². The molecule has 1 aromatic carbocycles. The summed E-state index contributed by atoms with van der Waals surface area (Å²) >= 11 is 0. The number of ether oxygens (including phenoxy) is 1. The van der Waals surface area contributed by atoms with Crippen molar-refractivity contribution in [2.75, 3.05) is 6.54 Å². The summed E-state index contributed by atoms with van der Waals surface area (Å²) in [6, 6.07) is 2.99. The highest BCUT2D eigenvalue weighted by atomic mass is 19.3. The highest BCUT2D eigenvalue weighted by Crippen LogP contribution is 2.46. The first-order chi connectivity index (χ1) is 16.1. The van der Waals surface area contributed by atoms with Crippen molar-refractivity contribution in [3.05, 3.63) is 58.4 Å². The Morgan fingerprint density at radius 2 is 2.03 bits per heavy atom. The first-order valence-corrected chi connectivity index (χ1v) is 11.3. The Hall–Kier alpha value is -2.53. The molecule has 0 unspecified atom stereocenters. The van der Waals surface area contributed by atoms with Gasteiger partial charge in [0.1, 0.15) is 29.5 Å². The summed E-state index contributed by atoms with van der Waals surface area (Å²) in [6.07, 6.45) is -2.78. The van der Waals surface area contributed by atoms with Crippen LogP contribution in [0.2, 0.25) is 0 Å². The van der Waals surface area contributed by atoms with Crippen molar-refractivity contribution in [2.45, 2.75) is 70.1 Å². The maximum Gasteiger partial charge on any atom is 0.266 e. The highest BCUT2D eigenvalue weighted by Gasteiger charge is 2.55. The van der Waals surface area contributed by atoms with Gasteiger partial charge in [-0.05, 0) is 55.6 Å². The van der Waals surface area contributed by atoms with E-state index in [-0.39, 0.29) is 5.56 Å². The molecular formula is C24H27F3N4O3. The number of halogens is 3. The zero-order valence-corrected chi connectivity index (χ0v) is 19.1. The monoisotopic (exact) mass is 476 g/mol. The van der Waals surface area contributed by atoms with Gasteiger partial charge in [0, 0.05) is 24.0 Å². The minimum absolute atomic E-state index is 0.275. The Bertz CT molecular complexity index is 1250. The second-order valence-electron chi connectivity index (χ2n) is 9.38. The molecule has 2 aliphatic heterocycles. The lowest BCUT2D eigenvalue weighted by Crippen LogP contribution is -2.47. The van der Waals surface area contributed by atoms with Crippen molar-refractivity contribution in [2.24, 2.45) is 0 Å². The van der Waals surface area contributed by atoms with Crippen LogP contribution in [0.15, 0.2) is 24.7 Å². The second-order valence-corrected chi connectivity index (χ2v) is 9.38. The SMILES string of the molecule is Cc1ncnc2c1ccn2[C@@H]1O[C@H]([C@H](C)c2cc(C(F)F)c(F)c3c2CNCC3)[C@@](C)(O)[C@H]1O. The largest absolute Gasteiger partial charge is 0.385 e. The lowest BCUT2D eigenvalue weighted by atomic mass is 9.79. The average molecular weight is 476 g/mol. The molecule has 0 radical (unpaired) electrons. The van der Waals surface area contributed by atoms with E-state index in [2.05, 4.69) is 15.3 Å². The van der Waals surface area contributed by atoms with Crippen LogP contribution in [0, 0.1) is 12.7 Å². The van der Waals surface area contributed by atoms with E-state index in [0.29, 0.717) is 36.3 Å². The fourth-order valence-corrected chi connectivity index (χ4v) is 5.39. The summed E-state index contributed by atoms with van der Waals surface area (Å²) in [5.74, 6) is -1.48. The molecule has 10 heteroatoms. The van der Waals surface area contributed by atoms with Crippen LogP contribution in [0.1, 0.15) is 60.4 Å². The molecule has 2 aliphatic rings. The van der Waals surface area contributed by atoms with Gasteiger partial charge in [0.2, 0.25) is 0 Å². The van der Waals surface area contributed by atoms with Gasteiger partial charge in [-0.3, -0.25) is 0 Å². The fourth-order valence-electron chi connectivity index (χ4n) is 5.39. The first-order valence-electron chi connectivity index (χ1n) is 11.3. The predicted octanol–water partition coefficient (Wildman–Crippen LogP) is 3.28. The van der Waals surface area contributed by atoms with Crippen LogP contribution < -0.4 is 5.32 Å². The smallest absolute Gasteiger partial charge is 0.266 e. The molecule has 1 saturated heterocycles. The zero-order valence-electron chi connectivity index (χ0n) is 19.1. The number of aliphatic hydroxyl groups excluding tert-OH is 1. The summed E-state index contributed by atoms with van der Waals surface area (Å²) in [5.41, 5.74) is 0.302. The normalized spacial score (nSPS) is 28.0. The Balaban J connectivity index is 1.56. The van der Waals surface area contributed by atoms with Crippen molar-refractivity contribution in [1.29, 1.82) is 0 Å². The summed E-state index contributed by atoms with van der Waals surface area (Å²) in [5, 5.41) is 26.4. The van der Waals surface area contributed by atoms with Gasteiger partial charge in [-0.15, -0.1) is 0 Å². The van der Waals surface area contributed by atoms with Gasteiger partial charge < -0.3 is 24.8 Å². The number of fused-ring (bicyclic) bond motifs is 2. The Labute approximate surface area is 194 Å². The molecule has 3 aromatic rings. The number of rotatable bonds is 4. The molecule has 0 bridgehead atoms. The van der Waals surface area contributed by atoms with Crippen molar-refractivity contribution in [1.82, 2.24) is 19.9 Å². The van der Waals surface area contributed by atoms with E-state index in [0.717, 1.165) is 11.1 Å². The molecule has 5 atom stereocenters. The zero-order chi connectivity index (χ0) is 24.4. The Kier molecular flexibility index (Phi) is 5.67. The molecular weight excluding hydrogens is 449 g/mol. The molecule has 3 N–H and O–H groups in total. The van der Waals surface area contributed by atoms with Crippen molar-refractivity contribution < 1.29 is 28.1 Å². The number of aryl methyl sites for hydroxylation is 1. The van der Waals surface area contributed by atoms with Crippen LogP contribution >= 0.6 is 0 Å². The van der Waals surface area contributed by atoms with Gasteiger partial charge >= 0.3 is 0 Å². The lowest BCUT2D eigenvalue weighted by molar-refractivity contribution is -0.0706. The molecule has 4 heterocycles. The standard InChI is InChI=1S/C24H27F3N4O3/c1-11(15-8-16(21(26)27)18(25)14-4-6-28-9-17(14)15)20-24(3,33)19(32)23(34-20)31-7-5-13-12(2)29-10-30-22(13)31/h5,7-8,10-11,19-21,23,28,32-33H,4,6,9H2,1-3H3/t11-,19+,20-,23-,24+/m1/s1. The number of nitrogens with one attached hydrogen (secondary N) is 1. The van der Waals surface area contributed by atoms with Crippen LogP contribution in [0.4, 0.5) is 13.2 Å². The molecule has 0 spiro atoms. The third-order valence-electron chi connectivity index (χ3n) is 7.29. The van der Waals surface area contributed by atoms with E-state index in [4.69, 9.17) is 4.74 Å². The molecule has 1 fully saturated rings. The van der Waals surface area contributed by atoms with Crippen LogP contribution in [-0.2, 0) is 17.7 Å².